The van der Waals surface area contributed by atoms with Crippen LogP contribution in [0.4, 0.5) is 10.1 Å². The normalized spacial score (nSPS) is 13.8. The van der Waals surface area contributed by atoms with Gasteiger partial charge in [-0.1, -0.05) is 0 Å². The van der Waals surface area contributed by atoms with Crippen LogP contribution in [0.2, 0.25) is 0 Å². The molecule has 0 radical (unpaired) electrons. The number of halogens is 1. The van der Waals surface area contributed by atoms with Gasteiger partial charge >= 0.3 is 0 Å². The maximum atomic E-state index is 13.1. The number of benzene rings is 2. The van der Waals surface area contributed by atoms with Gasteiger partial charge in [0.2, 0.25) is 5.91 Å². The summed E-state index contributed by atoms with van der Waals surface area (Å²) >= 11 is 0. The minimum Gasteiger partial charge on any atom is -0.497 e. The molecule has 25 heavy (non-hydrogen) atoms. The SMILES string of the molecule is COc1ccc(N(CN2CCCC2=O)C(=O)c2ccc(F)cc2)cc1. The molecule has 0 aliphatic carbocycles. The molecule has 1 aliphatic rings. The van der Waals surface area contributed by atoms with E-state index >= 15 is 0 Å². The molecule has 3 rings (SSSR count). The van der Waals surface area contributed by atoms with Gasteiger partial charge in [0, 0.05) is 24.2 Å². The van der Waals surface area contributed by atoms with Gasteiger partial charge in [-0.3, -0.25) is 14.5 Å². The number of hydrogen-bond acceptors (Lipinski definition) is 3. The Labute approximate surface area is 145 Å². The fourth-order valence-electron chi connectivity index (χ4n) is 2.80. The summed E-state index contributed by atoms with van der Waals surface area (Å²) in [6.45, 7) is 0.795. The van der Waals surface area contributed by atoms with E-state index in [-0.39, 0.29) is 18.5 Å². The Morgan fingerprint density at radius 1 is 1.16 bits per heavy atom. The van der Waals surface area contributed by atoms with Gasteiger partial charge in [0.15, 0.2) is 0 Å². The first kappa shape index (κ1) is 17.0. The van der Waals surface area contributed by atoms with E-state index in [9.17, 15) is 14.0 Å². The molecular weight excluding hydrogens is 323 g/mol. The lowest BCUT2D eigenvalue weighted by Crippen LogP contribution is -2.42. The van der Waals surface area contributed by atoms with Crippen molar-refractivity contribution in [3.8, 4) is 5.75 Å². The van der Waals surface area contributed by atoms with Crippen molar-refractivity contribution in [2.24, 2.45) is 0 Å². The Hall–Kier alpha value is -2.89. The van der Waals surface area contributed by atoms with Gasteiger partial charge in [-0.15, -0.1) is 0 Å². The van der Waals surface area contributed by atoms with Crippen molar-refractivity contribution in [2.75, 3.05) is 25.2 Å². The number of anilines is 1. The van der Waals surface area contributed by atoms with Crippen molar-refractivity contribution in [3.05, 3.63) is 59.9 Å². The monoisotopic (exact) mass is 342 g/mol. The van der Waals surface area contributed by atoms with Gasteiger partial charge < -0.3 is 9.64 Å². The van der Waals surface area contributed by atoms with E-state index in [2.05, 4.69) is 0 Å². The molecular formula is C19H19FN2O3. The molecule has 2 amide bonds. The number of amides is 2. The highest BCUT2D eigenvalue weighted by atomic mass is 19.1. The molecule has 1 aliphatic heterocycles. The Balaban J connectivity index is 1.90. The highest BCUT2D eigenvalue weighted by molar-refractivity contribution is 6.06. The van der Waals surface area contributed by atoms with Crippen LogP contribution >= 0.6 is 0 Å². The summed E-state index contributed by atoms with van der Waals surface area (Å²) in [4.78, 5) is 28.1. The number of hydrogen-bond donors (Lipinski definition) is 0. The second-order valence-electron chi connectivity index (χ2n) is 5.84. The first-order chi connectivity index (χ1) is 12.1. The van der Waals surface area contributed by atoms with Crippen molar-refractivity contribution in [1.82, 2.24) is 4.90 Å². The fourth-order valence-corrected chi connectivity index (χ4v) is 2.80. The molecule has 0 atom stereocenters. The summed E-state index contributed by atoms with van der Waals surface area (Å²) < 4.78 is 18.3. The molecule has 0 unspecified atom stereocenters. The molecule has 0 saturated carbocycles. The average molecular weight is 342 g/mol. The van der Waals surface area contributed by atoms with Gasteiger partial charge in [0.1, 0.15) is 18.2 Å². The zero-order chi connectivity index (χ0) is 17.8. The molecule has 1 saturated heterocycles. The summed E-state index contributed by atoms with van der Waals surface area (Å²) in [6, 6.07) is 12.4. The third kappa shape index (κ3) is 3.79. The maximum Gasteiger partial charge on any atom is 0.259 e. The molecule has 0 spiro atoms. The van der Waals surface area contributed by atoms with Crippen LogP contribution in [-0.4, -0.2) is 37.0 Å². The van der Waals surface area contributed by atoms with Crippen LogP contribution in [0, 0.1) is 5.82 Å². The third-order valence-electron chi connectivity index (χ3n) is 4.20. The van der Waals surface area contributed by atoms with Crippen molar-refractivity contribution >= 4 is 17.5 Å². The van der Waals surface area contributed by atoms with Crippen LogP contribution in [0.15, 0.2) is 48.5 Å². The van der Waals surface area contributed by atoms with Crippen molar-refractivity contribution in [2.45, 2.75) is 12.8 Å². The van der Waals surface area contributed by atoms with Crippen molar-refractivity contribution in [1.29, 1.82) is 0 Å². The topological polar surface area (TPSA) is 49.9 Å². The lowest BCUT2D eigenvalue weighted by Gasteiger charge is -2.28. The maximum absolute atomic E-state index is 13.1. The molecule has 0 bridgehead atoms. The van der Waals surface area contributed by atoms with Crippen LogP contribution < -0.4 is 9.64 Å². The van der Waals surface area contributed by atoms with E-state index in [0.717, 1.165) is 6.42 Å². The second-order valence-corrected chi connectivity index (χ2v) is 5.84. The number of carbonyl (C=O) groups excluding carboxylic acids is 2. The first-order valence-corrected chi connectivity index (χ1v) is 8.08. The van der Waals surface area contributed by atoms with Gasteiger partial charge in [0.05, 0.1) is 7.11 Å². The molecule has 1 fully saturated rings. The molecule has 0 N–H and O–H groups in total. The third-order valence-corrected chi connectivity index (χ3v) is 4.20. The zero-order valence-electron chi connectivity index (χ0n) is 13.9. The van der Waals surface area contributed by atoms with E-state index in [0.29, 0.717) is 30.0 Å². The van der Waals surface area contributed by atoms with Crippen LogP contribution in [0.5, 0.6) is 5.75 Å². The van der Waals surface area contributed by atoms with E-state index in [1.54, 1.807) is 36.3 Å². The average Bonchev–Trinajstić information content (AvgIpc) is 3.04. The second kappa shape index (κ2) is 7.34. The van der Waals surface area contributed by atoms with Crippen LogP contribution in [0.1, 0.15) is 23.2 Å². The Kier molecular flexibility index (Phi) is 4.97. The van der Waals surface area contributed by atoms with Gasteiger partial charge in [-0.25, -0.2) is 4.39 Å². The van der Waals surface area contributed by atoms with Crippen LogP contribution in [0.3, 0.4) is 0 Å². The minimum atomic E-state index is -0.401. The minimum absolute atomic E-state index is 0.0328. The Morgan fingerprint density at radius 3 is 2.40 bits per heavy atom. The largest absolute Gasteiger partial charge is 0.497 e. The summed E-state index contributed by atoms with van der Waals surface area (Å²) in [5, 5.41) is 0. The predicted molar refractivity (Wildman–Crippen MR) is 92.0 cm³/mol. The number of likely N-dealkylation sites (tertiary alicyclic amines) is 1. The molecule has 2 aromatic carbocycles. The van der Waals surface area contributed by atoms with Crippen molar-refractivity contribution in [3.63, 3.8) is 0 Å². The number of nitrogens with zero attached hydrogens (tertiary/aromatic N) is 2. The predicted octanol–water partition coefficient (Wildman–Crippen LogP) is 3.06. The molecule has 6 heteroatoms. The summed E-state index contributed by atoms with van der Waals surface area (Å²) in [5.41, 5.74) is 1.01. The van der Waals surface area contributed by atoms with Crippen molar-refractivity contribution < 1.29 is 18.7 Å². The molecule has 130 valence electrons. The zero-order valence-corrected chi connectivity index (χ0v) is 13.9. The van der Waals surface area contributed by atoms with Crippen LogP contribution in [0.25, 0.3) is 0 Å². The van der Waals surface area contributed by atoms with Gasteiger partial charge in [-0.2, -0.15) is 0 Å². The molecule has 1 heterocycles. The molecule has 2 aromatic rings. The fraction of sp³-hybridized carbons (Fsp3) is 0.263. The lowest BCUT2D eigenvalue weighted by molar-refractivity contribution is -0.127. The van der Waals surface area contributed by atoms with Gasteiger partial charge in [0.25, 0.3) is 5.91 Å². The summed E-state index contributed by atoms with van der Waals surface area (Å²) in [6.07, 6.45) is 1.29. The summed E-state index contributed by atoms with van der Waals surface area (Å²) in [5.74, 6) is 0.0210. The van der Waals surface area contributed by atoms with Crippen LogP contribution in [-0.2, 0) is 4.79 Å². The standard InChI is InChI=1S/C19H19FN2O3/c1-25-17-10-8-16(9-11-17)22(13-21-12-2-3-18(21)23)19(24)14-4-6-15(20)7-5-14/h4-11H,2-3,12-13H2,1H3. The highest BCUT2D eigenvalue weighted by Crippen LogP contribution is 2.23. The summed E-state index contributed by atoms with van der Waals surface area (Å²) in [7, 11) is 1.57. The Morgan fingerprint density at radius 2 is 1.84 bits per heavy atom. The smallest absolute Gasteiger partial charge is 0.259 e. The van der Waals surface area contributed by atoms with E-state index in [1.165, 1.54) is 29.2 Å². The highest BCUT2D eigenvalue weighted by Gasteiger charge is 2.26. The first-order valence-electron chi connectivity index (χ1n) is 8.08. The number of methoxy groups -OCH3 is 1. The van der Waals surface area contributed by atoms with E-state index in [1.807, 2.05) is 0 Å². The molecule has 5 nitrogen and oxygen atoms in total. The quantitative estimate of drug-likeness (QED) is 0.839. The van der Waals surface area contributed by atoms with E-state index in [4.69, 9.17) is 4.74 Å². The van der Waals surface area contributed by atoms with Gasteiger partial charge in [-0.05, 0) is 55.0 Å². The molecule has 0 aromatic heterocycles. The number of rotatable bonds is 5. The number of ether oxygens (including phenoxy) is 1. The van der Waals surface area contributed by atoms with E-state index < -0.39 is 5.82 Å². The lowest BCUT2D eigenvalue weighted by atomic mass is 10.2. The number of carbonyl (C=O) groups is 2. The Bertz CT molecular complexity index is 759.